The van der Waals surface area contributed by atoms with Crippen LogP contribution < -0.4 is 10.6 Å². The Hall–Kier alpha value is -0.900. The van der Waals surface area contributed by atoms with Gasteiger partial charge in [-0.3, -0.25) is 0 Å². The van der Waals surface area contributed by atoms with Crippen molar-refractivity contribution in [2.45, 2.75) is 71.1 Å². The van der Waals surface area contributed by atoms with Crippen molar-refractivity contribution in [3.8, 4) is 0 Å². The SMILES string of the molecule is CC(C)c1ccc2c(c1)CC[C@H]1[C@](C)(CNCCNCCO)CCC[C@]21C. The number of nitrogens with one attached hydrogen (secondary N) is 2. The molecular formula is C24H40N2O. The second-order valence-electron chi connectivity index (χ2n) is 9.74. The van der Waals surface area contributed by atoms with E-state index in [0.29, 0.717) is 23.3 Å². The van der Waals surface area contributed by atoms with Crippen molar-refractivity contribution in [1.82, 2.24) is 10.6 Å². The van der Waals surface area contributed by atoms with Crippen LogP contribution in [0, 0.1) is 11.3 Å². The Morgan fingerprint density at radius 3 is 2.63 bits per heavy atom. The summed E-state index contributed by atoms with van der Waals surface area (Å²) in [4.78, 5) is 0. The monoisotopic (exact) mass is 372 g/mol. The molecule has 0 aromatic heterocycles. The molecule has 0 amide bonds. The second-order valence-corrected chi connectivity index (χ2v) is 9.74. The molecular weight excluding hydrogens is 332 g/mol. The molecule has 1 saturated carbocycles. The topological polar surface area (TPSA) is 44.3 Å². The van der Waals surface area contributed by atoms with Gasteiger partial charge < -0.3 is 15.7 Å². The third-order valence-corrected chi connectivity index (χ3v) is 7.46. The smallest absolute Gasteiger partial charge is 0.0555 e. The third-order valence-electron chi connectivity index (χ3n) is 7.46. The van der Waals surface area contributed by atoms with Crippen LogP contribution in [0.25, 0.3) is 0 Å². The molecule has 0 radical (unpaired) electrons. The molecule has 3 N–H and O–H groups in total. The number of aliphatic hydroxyl groups is 1. The van der Waals surface area contributed by atoms with Crippen LogP contribution in [0.15, 0.2) is 18.2 Å². The lowest BCUT2D eigenvalue weighted by molar-refractivity contribution is 0.0261. The Bertz CT molecular complexity index is 629. The summed E-state index contributed by atoms with van der Waals surface area (Å²) >= 11 is 0. The first-order valence-corrected chi connectivity index (χ1v) is 11.1. The minimum atomic E-state index is 0.218. The highest BCUT2D eigenvalue weighted by molar-refractivity contribution is 5.42. The summed E-state index contributed by atoms with van der Waals surface area (Å²) in [5.74, 6) is 1.37. The molecule has 1 aromatic rings. The van der Waals surface area contributed by atoms with Crippen LogP contribution in [0.4, 0.5) is 0 Å². The number of aliphatic hydroxyl groups excluding tert-OH is 1. The van der Waals surface area contributed by atoms with E-state index in [1.54, 1.807) is 11.1 Å². The summed E-state index contributed by atoms with van der Waals surface area (Å²) in [6, 6.07) is 7.35. The van der Waals surface area contributed by atoms with Gasteiger partial charge in [0.1, 0.15) is 0 Å². The van der Waals surface area contributed by atoms with Crippen LogP contribution in [-0.4, -0.2) is 37.9 Å². The lowest BCUT2D eigenvalue weighted by atomic mass is 9.49. The summed E-state index contributed by atoms with van der Waals surface area (Å²) < 4.78 is 0. The summed E-state index contributed by atoms with van der Waals surface area (Å²) in [5, 5.41) is 15.8. The first-order chi connectivity index (χ1) is 12.9. The number of benzene rings is 1. The van der Waals surface area contributed by atoms with Crippen molar-refractivity contribution in [2.75, 3.05) is 32.8 Å². The number of hydrogen-bond donors (Lipinski definition) is 3. The molecule has 3 heteroatoms. The molecule has 0 bridgehead atoms. The lowest BCUT2D eigenvalue weighted by Gasteiger charge is -2.55. The number of fused-ring (bicyclic) bond motifs is 3. The maximum Gasteiger partial charge on any atom is 0.0555 e. The van der Waals surface area contributed by atoms with Crippen molar-refractivity contribution in [2.24, 2.45) is 11.3 Å². The average Bonchev–Trinajstić information content (AvgIpc) is 2.64. The first-order valence-electron chi connectivity index (χ1n) is 11.1. The van der Waals surface area contributed by atoms with E-state index in [1.165, 1.54) is 37.7 Å². The molecule has 27 heavy (non-hydrogen) atoms. The molecule has 0 heterocycles. The number of aryl methyl sites for hydroxylation is 1. The Balaban J connectivity index is 1.73. The van der Waals surface area contributed by atoms with E-state index in [2.05, 4.69) is 56.5 Å². The Morgan fingerprint density at radius 2 is 1.89 bits per heavy atom. The molecule has 0 spiro atoms. The molecule has 0 unspecified atom stereocenters. The summed E-state index contributed by atoms with van der Waals surface area (Å²) in [6.45, 7) is 13.6. The van der Waals surface area contributed by atoms with Gasteiger partial charge in [0.15, 0.2) is 0 Å². The molecule has 1 aromatic carbocycles. The van der Waals surface area contributed by atoms with Crippen molar-refractivity contribution < 1.29 is 5.11 Å². The molecule has 3 nitrogen and oxygen atoms in total. The molecule has 2 aliphatic carbocycles. The van der Waals surface area contributed by atoms with Gasteiger partial charge in [0, 0.05) is 26.2 Å². The summed E-state index contributed by atoms with van der Waals surface area (Å²) in [6.07, 6.45) is 6.57. The predicted molar refractivity (Wildman–Crippen MR) is 114 cm³/mol. The molecule has 0 aliphatic heterocycles. The normalized spacial score (nSPS) is 30.2. The van der Waals surface area contributed by atoms with E-state index in [1.807, 2.05) is 0 Å². The quantitative estimate of drug-likeness (QED) is 0.605. The minimum absolute atomic E-state index is 0.218. The van der Waals surface area contributed by atoms with Gasteiger partial charge in [0.25, 0.3) is 0 Å². The Morgan fingerprint density at radius 1 is 1.11 bits per heavy atom. The van der Waals surface area contributed by atoms with Crippen LogP contribution in [-0.2, 0) is 11.8 Å². The third kappa shape index (κ3) is 4.26. The van der Waals surface area contributed by atoms with Crippen molar-refractivity contribution in [3.05, 3.63) is 34.9 Å². The lowest BCUT2D eigenvalue weighted by Crippen LogP contribution is -2.53. The fraction of sp³-hybridized carbons (Fsp3) is 0.750. The number of rotatable bonds is 8. The van der Waals surface area contributed by atoms with Gasteiger partial charge in [-0.15, -0.1) is 0 Å². The van der Waals surface area contributed by atoms with Crippen LogP contribution in [0.2, 0.25) is 0 Å². The van der Waals surface area contributed by atoms with Gasteiger partial charge in [0.05, 0.1) is 6.61 Å². The minimum Gasteiger partial charge on any atom is -0.395 e. The van der Waals surface area contributed by atoms with Crippen LogP contribution in [0.3, 0.4) is 0 Å². The maximum absolute atomic E-state index is 8.87. The summed E-state index contributed by atoms with van der Waals surface area (Å²) in [5.41, 5.74) is 5.45. The highest BCUT2D eigenvalue weighted by Gasteiger charge is 2.51. The Kier molecular flexibility index (Phi) is 6.66. The van der Waals surface area contributed by atoms with Crippen LogP contribution >= 0.6 is 0 Å². The molecule has 0 saturated heterocycles. The first kappa shape index (κ1) is 20.8. The van der Waals surface area contributed by atoms with E-state index >= 15 is 0 Å². The van der Waals surface area contributed by atoms with Gasteiger partial charge in [-0.25, -0.2) is 0 Å². The van der Waals surface area contributed by atoms with Gasteiger partial charge in [-0.05, 0) is 65.0 Å². The van der Waals surface area contributed by atoms with E-state index < -0.39 is 0 Å². The van der Waals surface area contributed by atoms with Gasteiger partial charge in [-0.1, -0.05) is 52.3 Å². The largest absolute Gasteiger partial charge is 0.395 e. The van der Waals surface area contributed by atoms with Crippen LogP contribution in [0.5, 0.6) is 0 Å². The van der Waals surface area contributed by atoms with Crippen molar-refractivity contribution in [1.29, 1.82) is 0 Å². The molecule has 3 rings (SSSR count). The van der Waals surface area contributed by atoms with Gasteiger partial charge in [-0.2, -0.15) is 0 Å². The average molecular weight is 373 g/mol. The standard InChI is InChI=1S/C24H40N2O/c1-18(2)19-6-8-21-20(16-19)7-9-22-23(3,10-5-11-24(21,22)4)17-26-13-12-25-14-15-27/h6,8,16,18,22,25-27H,5,7,9-15,17H2,1-4H3/t22-,23-,24+/m0/s1. The second kappa shape index (κ2) is 8.63. The fourth-order valence-corrected chi connectivity index (χ4v) is 5.97. The van der Waals surface area contributed by atoms with Crippen molar-refractivity contribution >= 4 is 0 Å². The van der Waals surface area contributed by atoms with Crippen LogP contribution in [0.1, 0.15) is 76.0 Å². The maximum atomic E-state index is 8.87. The highest BCUT2D eigenvalue weighted by Crippen LogP contribution is 2.57. The Labute approximate surface area is 166 Å². The van der Waals surface area contributed by atoms with E-state index in [-0.39, 0.29) is 6.61 Å². The fourth-order valence-electron chi connectivity index (χ4n) is 5.97. The zero-order valence-electron chi connectivity index (χ0n) is 17.9. The predicted octanol–water partition coefficient (Wildman–Crippen LogP) is 3.99. The highest BCUT2D eigenvalue weighted by atomic mass is 16.3. The van der Waals surface area contributed by atoms with Crippen molar-refractivity contribution in [3.63, 3.8) is 0 Å². The molecule has 1 fully saturated rings. The summed E-state index contributed by atoms with van der Waals surface area (Å²) in [7, 11) is 0. The van der Waals surface area contributed by atoms with Gasteiger partial charge >= 0.3 is 0 Å². The number of hydrogen-bond acceptors (Lipinski definition) is 3. The zero-order chi connectivity index (χ0) is 19.5. The van der Waals surface area contributed by atoms with E-state index in [4.69, 9.17) is 5.11 Å². The zero-order valence-corrected chi connectivity index (χ0v) is 17.9. The molecule has 2 aliphatic rings. The van der Waals surface area contributed by atoms with Gasteiger partial charge in [0.2, 0.25) is 0 Å². The molecule has 152 valence electrons. The van der Waals surface area contributed by atoms with E-state index in [9.17, 15) is 0 Å². The van der Waals surface area contributed by atoms with E-state index in [0.717, 1.165) is 25.6 Å². The molecule has 3 atom stereocenters.